The van der Waals surface area contributed by atoms with Crippen LogP contribution in [0.2, 0.25) is 0 Å². The molecule has 0 aromatic carbocycles. The Kier molecular flexibility index (Phi) is 4.45. The van der Waals surface area contributed by atoms with E-state index < -0.39 is 41.6 Å². The first-order valence-corrected chi connectivity index (χ1v) is 7.26. The van der Waals surface area contributed by atoms with Crippen molar-refractivity contribution in [1.82, 2.24) is 10.6 Å². The topological polar surface area (TPSA) is 67.4 Å². The lowest BCUT2D eigenvalue weighted by atomic mass is 9.97. The molecule has 0 saturated carbocycles. The summed E-state index contributed by atoms with van der Waals surface area (Å²) in [7, 11) is 0. The van der Waals surface area contributed by atoms with Gasteiger partial charge in [-0.1, -0.05) is 0 Å². The first-order chi connectivity index (χ1) is 10.2. The van der Waals surface area contributed by atoms with Gasteiger partial charge in [0.1, 0.15) is 5.70 Å². The third-order valence-corrected chi connectivity index (χ3v) is 3.50. The highest BCUT2D eigenvalue weighted by Gasteiger charge is 2.46. The Hall–Kier alpha value is -2.03. The molecule has 1 atom stereocenters. The fourth-order valence-electron chi connectivity index (χ4n) is 1.97. The minimum absolute atomic E-state index is 0.386. The summed E-state index contributed by atoms with van der Waals surface area (Å²) in [5, 5.41) is 7.19. The highest BCUT2D eigenvalue weighted by molar-refractivity contribution is 7.08. The second-order valence-electron chi connectivity index (χ2n) is 4.83. The van der Waals surface area contributed by atoms with Crippen LogP contribution in [0.1, 0.15) is 25.5 Å². The van der Waals surface area contributed by atoms with Crippen LogP contribution in [-0.4, -0.2) is 24.3 Å². The summed E-state index contributed by atoms with van der Waals surface area (Å²) in [6.07, 6.45) is -5.47. The van der Waals surface area contributed by atoms with E-state index in [9.17, 15) is 22.8 Å². The summed E-state index contributed by atoms with van der Waals surface area (Å²) in [4.78, 5) is 23.6. The van der Waals surface area contributed by atoms with E-state index in [0.717, 1.165) is 0 Å². The zero-order chi connectivity index (χ0) is 16.5. The lowest BCUT2D eigenvalue weighted by Crippen LogP contribution is -2.49. The number of esters is 1. The van der Waals surface area contributed by atoms with Crippen molar-refractivity contribution in [3.8, 4) is 0 Å². The predicted octanol–water partition coefficient (Wildman–Crippen LogP) is 2.87. The third-order valence-electron chi connectivity index (χ3n) is 2.79. The van der Waals surface area contributed by atoms with Crippen LogP contribution >= 0.6 is 11.3 Å². The van der Waals surface area contributed by atoms with E-state index in [4.69, 9.17) is 4.74 Å². The van der Waals surface area contributed by atoms with Crippen LogP contribution < -0.4 is 10.6 Å². The van der Waals surface area contributed by atoms with Gasteiger partial charge in [-0.3, -0.25) is 0 Å². The molecule has 0 radical (unpaired) electrons. The van der Waals surface area contributed by atoms with Crippen molar-refractivity contribution < 1.29 is 27.5 Å². The molecule has 9 heteroatoms. The summed E-state index contributed by atoms with van der Waals surface area (Å²) in [6.45, 7) is 3.06. The number of carbonyl (C=O) groups is 2. The van der Waals surface area contributed by atoms with Crippen LogP contribution in [0.4, 0.5) is 18.0 Å². The second kappa shape index (κ2) is 5.99. The van der Waals surface area contributed by atoms with Crippen LogP contribution in [0.3, 0.4) is 0 Å². The normalized spacial score (nSPS) is 19.0. The average molecular weight is 334 g/mol. The van der Waals surface area contributed by atoms with Crippen LogP contribution in [0.25, 0.3) is 0 Å². The number of thiophene rings is 1. The molecule has 2 heterocycles. The minimum Gasteiger partial charge on any atom is -0.459 e. The van der Waals surface area contributed by atoms with Crippen molar-refractivity contribution in [2.24, 2.45) is 0 Å². The number of nitrogens with one attached hydrogen (secondary N) is 2. The number of hydrogen-bond acceptors (Lipinski definition) is 4. The van der Waals surface area contributed by atoms with Gasteiger partial charge in [0.05, 0.1) is 17.7 Å². The number of rotatable bonds is 3. The molecular weight excluding hydrogens is 321 g/mol. The molecule has 0 bridgehead atoms. The van der Waals surface area contributed by atoms with Crippen molar-refractivity contribution in [2.45, 2.75) is 32.2 Å². The van der Waals surface area contributed by atoms with Gasteiger partial charge in [0.15, 0.2) is 0 Å². The Labute approximate surface area is 128 Å². The molecule has 1 aromatic heterocycles. The zero-order valence-electron chi connectivity index (χ0n) is 11.7. The lowest BCUT2D eigenvalue weighted by Gasteiger charge is -2.29. The van der Waals surface area contributed by atoms with Gasteiger partial charge in [0, 0.05) is 0 Å². The molecule has 0 saturated heterocycles. The highest BCUT2D eigenvalue weighted by atomic mass is 32.1. The van der Waals surface area contributed by atoms with E-state index in [1.165, 1.54) is 31.3 Å². The van der Waals surface area contributed by atoms with E-state index >= 15 is 0 Å². The molecule has 0 fully saturated rings. The van der Waals surface area contributed by atoms with Gasteiger partial charge in [-0.2, -0.15) is 24.5 Å². The second-order valence-corrected chi connectivity index (χ2v) is 5.61. The van der Waals surface area contributed by atoms with Crippen molar-refractivity contribution in [1.29, 1.82) is 0 Å². The molecule has 5 nitrogen and oxygen atoms in total. The van der Waals surface area contributed by atoms with Gasteiger partial charge in [-0.25, -0.2) is 9.59 Å². The maximum absolute atomic E-state index is 13.2. The Morgan fingerprint density at radius 3 is 2.59 bits per heavy atom. The maximum atomic E-state index is 13.2. The molecule has 1 unspecified atom stereocenters. The first-order valence-electron chi connectivity index (χ1n) is 6.32. The Morgan fingerprint density at radius 1 is 1.41 bits per heavy atom. The van der Waals surface area contributed by atoms with Crippen LogP contribution in [0.5, 0.6) is 0 Å². The smallest absolute Gasteiger partial charge is 0.432 e. The zero-order valence-corrected chi connectivity index (χ0v) is 12.5. The van der Waals surface area contributed by atoms with Gasteiger partial charge in [-0.15, -0.1) is 0 Å². The number of carbonyl (C=O) groups excluding carboxylic acids is 2. The fourth-order valence-corrected chi connectivity index (χ4v) is 2.66. The Morgan fingerprint density at radius 2 is 2.09 bits per heavy atom. The van der Waals surface area contributed by atoms with Crippen molar-refractivity contribution in [3.63, 3.8) is 0 Å². The number of amides is 2. The molecule has 2 N–H and O–H groups in total. The van der Waals surface area contributed by atoms with Crippen molar-refractivity contribution in [3.05, 3.63) is 33.7 Å². The van der Waals surface area contributed by atoms with Crippen LogP contribution in [0, 0.1) is 0 Å². The summed E-state index contributed by atoms with van der Waals surface area (Å²) in [5.41, 5.74) is -1.66. The molecule has 2 rings (SSSR count). The number of hydrogen-bond donors (Lipinski definition) is 2. The molecule has 120 valence electrons. The maximum Gasteiger partial charge on any atom is 0.432 e. The summed E-state index contributed by atoms with van der Waals surface area (Å²) in [5.74, 6) is -1.12. The SMILES string of the molecule is CC(C)OC(=O)C1=C(C(F)(F)F)NC(=O)NC1c1ccsc1. The summed E-state index contributed by atoms with van der Waals surface area (Å²) < 4.78 is 44.4. The van der Waals surface area contributed by atoms with Gasteiger partial charge >= 0.3 is 18.2 Å². The summed E-state index contributed by atoms with van der Waals surface area (Å²) in [6, 6.07) is -0.690. The van der Waals surface area contributed by atoms with Gasteiger partial charge < -0.3 is 15.4 Å². The van der Waals surface area contributed by atoms with Crippen LogP contribution in [0.15, 0.2) is 28.1 Å². The lowest BCUT2D eigenvalue weighted by molar-refractivity contribution is -0.144. The van der Waals surface area contributed by atoms with E-state index in [1.807, 2.05) is 0 Å². The van der Waals surface area contributed by atoms with Gasteiger partial charge in [0.2, 0.25) is 0 Å². The number of ether oxygens (including phenoxy) is 1. The highest BCUT2D eigenvalue weighted by Crippen LogP contribution is 2.36. The Bertz CT molecular complexity index is 609. The number of allylic oxidation sites excluding steroid dienone is 1. The monoisotopic (exact) mass is 334 g/mol. The number of alkyl halides is 3. The van der Waals surface area contributed by atoms with Crippen molar-refractivity contribution >= 4 is 23.3 Å². The molecule has 0 aliphatic carbocycles. The van der Waals surface area contributed by atoms with E-state index in [1.54, 1.807) is 16.1 Å². The molecule has 1 aromatic rings. The van der Waals surface area contributed by atoms with Gasteiger partial charge in [0.25, 0.3) is 0 Å². The quantitative estimate of drug-likeness (QED) is 0.835. The number of halogens is 3. The molecule has 22 heavy (non-hydrogen) atoms. The van der Waals surface area contributed by atoms with E-state index in [-0.39, 0.29) is 0 Å². The van der Waals surface area contributed by atoms with Gasteiger partial charge in [-0.05, 0) is 36.2 Å². The Balaban J connectivity index is 2.55. The first kappa shape index (κ1) is 16.3. The standard InChI is InChI=1S/C13H13F3N2O3S/c1-6(2)21-11(19)8-9(7-3-4-22-5-7)17-12(20)18-10(8)13(14,15)16/h3-6,9H,1-2H3,(H2,17,18,20). The molecular formula is C13H13F3N2O3S. The van der Waals surface area contributed by atoms with E-state index in [0.29, 0.717) is 5.56 Å². The third kappa shape index (κ3) is 3.41. The molecule has 1 aliphatic heterocycles. The van der Waals surface area contributed by atoms with Crippen molar-refractivity contribution in [2.75, 3.05) is 0 Å². The summed E-state index contributed by atoms with van der Waals surface area (Å²) >= 11 is 1.24. The largest absolute Gasteiger partial charge is 0.459 e. The number of urea groups is 1. The molecule has 1 aliphatic rings. The van der Waals surface area contributed by atoms with E-state index in [2.05, 4.69) is 5.32 Å². The predicted molar refractivity (Wildman–Crippen MR) is 73.0 cm³/mol. The minimum atomic E-state index is -4.88. The fraction of sp³-hybridized carbons (Fsp3) is 0.385. The van der Waals surface area contributed by atoms with Crippen LogP contribution in [-0.2, 0) is 9.53 Å². The molecule has 0 spiro atoms. The average Bonchev–Trinajstić information content (AvgIpc) is 2.89. The molecule has 2 amide bonds.